The molecular weight excluding hydrogens is 352 g/mol. The van der Waals surface area contributed by atoms with Gasteiger partial charge in [0.1, 0.15) is 5.69 Å². The molecule has 130 valence electrons. The second-order valence-electron chi connectivity index (χ2n) is 5.67. The van der Waals surface area contributed by atoms with Crippen LogP contribution >= 0.6 is 11.6 Å². The van der Waals surface area contributed by atoms with Crippen molar-refractivity contribution in [2.75, 3.05) is 11.1 Å². The van der Waals surface area contributed by atoms with E-state index in [0.29, 0.717) is 39.6 Å². The van der Waals surface area contributed by atoms with Gasteiger partial charge in [0.25, 0.3) is 0 Å². The van der Waals surface area contributed by atoms with Crippen molar-refractivity contribution in [2.24, 2.45) is 0 Å². The number of hydrogen-bond acceptors (Lipinski definition) is 6. The van der Waals surface area contributed by atoms with Gasteiger partial charge in [0, 0.05) is 16.7 Å². The van der Waals surface area contributed by atoms with Crippen LogP contribution < -0.4 is 11.1 Å². The van der Waals surface area contributed by atoms with Gasteiger partial charge in [0.05, 0.1) is 17.6 Å². The average molecular weight is 367 g/mol. The third-order valence-corrected chi connectivity index (χ3v) is 4.10. The number of nitrogen functional groups attached to an aromatic ring is 1. The molecule has 8 heteroatoms. The lowest BCUT2D eigenvalue weighted by Crippen LogP contribution is -2.05. The van der Waals surface area contributed by atoms with Crippen molar-refractivity contribution in [2.45, 2.75) is 6.92 Å². The Bertz CT molecular complexity index is 1040. The summed E-state index contributed by atoms with van der Waals surface area (Å²) in [5, 5.41) is 10.9. The van der Waals surface area contributed by atoms with Crippen LogP contribution in [-0.2, 0) is 0 Å². The van der Waals surface area contributed by atoms with E-state index >= 15 is 0 Å². The monoisotopic (exact) mass is 366 g/mol. The van der Waals surface area contributed by atoms with Crippen LogP contribution in [0.15, 0.2) is 53.1 Å². The van der Waals surface area contributed by atoms with Gasteiger partial charge in [0.2, 0.25) is 0 Å². The highest BCUT2D eigenvalue weighted by Gasteiger charge is 2.13. The summed E-state index contributed by atoms with van der Waals surface area (Å²) in [6, 6.07) is 12.8. The molecule has 4 N–H and O–H groups in total. The van der Waals surface area contributed by atoms with Crippen molar-refractivity contribution in [3.63, 3.8) is 0 Å². The Kier molecular flexibility index (Phi) is 4.06. The molecule has 0 aliphatic carbocycles. The fourth-order valence-corrected chi connectivity index (χ4v) is 2.60. The van der Waals surface area contributed by atoms with Crippen LogP contribution in [0.1, 0.15) is 5.69 Å². The molecule has 1 aromatic carbocycles. The number of nitrogens with zero attached hydrogens (tertiary/aromatic N) is 3. The van der Waals surface area contributed by atoms with Crippen molar-refractivity contribution in [3.05, 3.63) is 59.4 Å². The molecule has 7 nitrogen and oxygen atoms in total. The second kappa shape index (κ2) is 6.53. The molecule has 0 atom stereocenters. The maximum absolute atomic E-state index is 6.14. The van der Waals surface area contributed by atoms with Crippen molar-refractivity contribution in [3.8, 4) is 22.8 Å². The topological polar surface area (TPSA) is 106 Å². The SMILES string of the molecule is Cc1nc(-c2ccc(Cl)cc2)nc(Nc2cc(-c3ccco3)[nH]n2)c1N. The Hall–Kier alpha value is -3.32. The highest BCUT2D eigenvalue weighted by atomic mass is 35.5. The van der Waals surface area contributed by atoms with Crippen molar-refractivity contribution < 1.29 is 4.42 Å². The van der Waals surface area contributed by atoms with Crippen LogP contribution in [0.4, 0.5) is 17.3 Å². The third kappa shape index (κ3) is 3.12. The molecule has 0 bridgehead atoms. The predicted octanol–water partition coefficient (Wildman–Crippen LogP) is 4.41. The fourth-order valence-electron chi connectivity index (χ4n) is 2.47. The number of aryl methyl sites for hydroxylation is 1. The lowest BCUT2D eigenvalue weighted by molar-refractivity contribution is 0.580. The minimum absolute atomic E-state index is 0.463. The Morgan fingerprint density at radius 1 is 1.15 bits per heavy atom. The maximum atomic E-state index is 6.14. The molecule has 0 aliphatic heterocycles. The first-order valence-corrected chi connectivity index (χ1v) is 8.24. The number of aromatic amines is 1. The molecule has 0 unspecified atom stereocenters. The van der Waals surface area contributed by atoms with Crippen LogP contribution in [0.2, 0.25) is 5.02 Å². The molecular formula is C18H15ClN6O. The summed E-state index contributed by atoms with van der Waals surface area (Å²) in [5.41, 5.74) is 8.87. The maximum Gasteiger partial charge on any atom is 0.161 e. The molecule has 4 aromatic rings. The first-order chi connectivity index (χ1) is 12.6. The van der Waals surface area contributed by atoms with Gasteiger partial charge in [-0.25, -0.2) is 9.97 Å². The molecule has 26 heavy (non-hydrogen) atoms. The predicted molar refractivity (Wildman–Crippen MR) is 101 cm³/mol. The fraction of sp³-hybridized carbons (Fsp3) is 0.0556. The van der Waals surface area contributed by atoms with E-state index in [4.69, 9.17) is 21.8 Å². The Morgan fingerprint density at radius 3 is 2.69 bits per heavy atom. The second-order valence-corrected chi connectivity index (χ2v) is 6.11. The minimum atomic E-state index is 0.463. The lowest BCUT2D eigenvalue weighted by atomic mass is 10.2. The summed E-state index contributed by atoms with van der Waals surface area (Å²) >= 11 is 5.95. The molecule has 0 fully saturated rings. The number of furan rings is 1. The molecule has 3 heterocycles. The van der Waals surface area contributed by atoms with Gasteiger partial charge in [-0.15, -0.1) is 0 Å². The van der Waals surface area contributed by atoms with Gasteiger partial charge in [-0.1, -0.05) is 11.6 Å². The Labute approximate surface area is 154 Å². The van der Waals surface area contributed by atoms with E-state index in [1.165, 1.54) is 0 Å². The number of benzene rings is 1. The van der Waals surface area contributed by atoms with Gasteiger partial charge in [-0.2, -0.15) is 5.10 Å². The number of rotatable bonds is 4. The quantitative estimate of drug-likeness (QED) is 0.494. The molecule has 0 amide bonds. The molecule has 3 aromatic heterocycles. The zero-order valence-electron chi connectivity index (χ0n) is 13.8. The number of hydrogen-bond donors (Lipinski definition) is 3. The highest BCUT2D eigenvalue weighted by molar-refractivity contribution is 6.30. The lowest BCUT2D eigenvalue weighted by Gasteiger charge is -2.10. The van der Waals surface area contributed by atoms with Crippen molar-refractivity contribution in [1.29, 1.82) is 0 Å². The first kappa shape index (κ1) is 16.2. The summed E-state index contributed by atoms with van der Waals surface area (Å²) in [4.78, 5) is 8.99. The molecule has 0 radical (unpaired) electrons. The van der Waals surface area contributed by atoms with Gasteiger partial charge < -0.3 is 15.5 Å². The zero-order valence-corrected chi connectivity index (χ0v) is 14.6. The van der Waals surface area contributed by atoms with E-state index in [-0.39, 0.29) is 0 Å². The number of aromatic nitrogens is 4. The van der Waals surface area contributed by atoms with Crippen LogP contribution in [0.5, 0.6) is 0 Å². The van der Waals surface area contributed by atoms with E-state index in [1.54, 1.807) is 18.4 Å². The zero-order chi connectivity index (χ0) is 18.1. The third-order valence-electron chi connectivity index (χ3n) is 3.85. The van der Waals surface area contributed by atoms with Crippen LogP contribution in [0, 0.1) is 6.92 Å². The summed E-state index contributed by atoms with van der Waals surface area (Å²) < 4.78 is 5.35. The molecule has 0 spiro atoms. The molecule has 0 saturated heterocycles. The first-order valence-electron chi connectivity index (χ1n) is 7.86. The molecule has 0 saturated carbocycles. The standard InChI is InChI=1S/C18H15ClN6O/c1-10-16(20)18(23-17(21-10)11-4-6-12(19)7-5-11)22-15-9-13(24-25-15)14-3-2-8-26-14/h2-9H,20H2,1H3,(H2,21,22,23,24,25). The van der Waals surface area contributed by atoms with Gasteiger partial charge in [-0.05, 0) is 43.3 Å². The largest absolute Gasteiger partial charge is 0.463 e. The number of nitrogens with two attached hydrogens (primary N) is 1. The van der Waals surface area contributed by atoms with Crippen molar-refractivity contribution in [1.82, 2.24) is 20.2 Å². The Balaban J connectivity index is 1.67. The smallest absolute Gasteiger partial charge is 0.161 e. The summed E-state index contributed by atoms with van der Waals surface area (Å²) in [6.07, 6.45) is 1.60. The summed E-state index contributed by atoms with van der Waals surface area (Å²) in [5.74, 6) is 2.31. The average Bonchev–Trinajstić information content (AvgIpc) is 3.31. The molecule has 4 rings (SSSR count). The molecule has 0 aliphatic rings. The minimum Gasteiger partial charge on any atom is -0.463 e. The number of nitrogens with one attached hydrogen (secondary N) is 2. The van der Waals surface area contributed by atoms with Gasteiger partial charge in [0.15, 0.2) is 23.2 Å². The Morgan fingerprint density at radius 2 is 1.96 bits per heavy atom. The van der Waals surface area contributed by atoms with Crippen LogP contribution in [0.25, 0.3) is 22.8 Å². The van der Waals surface area contributed by atoms with E-state index in [1.807, 2.05) is 37.3 Å². The van der Waals surface area contributed by atoms with Crippen LogP contribution in [0.3, 0.4) is 0 Å². The number of H-pyrrole nitrogens is 1. The summed E-state index contributed by atoms with van der Waals surface area (Å²) in [6.45, 7) is 1.83. The van der Waals surface area contributed by atoms with Gasteiger partial charge in [-0.3, -0.25) is 5.10 Å². The number of anilines is 3. The summed E-state index contributed by atoms with van der Waals surface area (Å²) in [7, 11) is 0. The van der Waals surface area contributed by atoms with Crippen molar-refractivity contribution >= 4 is 28.9 Å². The van der Waals surface area contributed by atoms with E-state index in [9.17, 15) is 0 Å². The van der Waals surface area contributed by atoms with Crippen LogP contribution in [-0.4, -0.2) is 20.2 Å². The van der Waals surface area contributed by atoms with E-state index in [2.05, 4.69) is 25.5 Å². The van der Waals surface area contributed by atoms with E-state index in [0.717, 1.165) is 11.3 Å². The normalized spacial score (nSPS) is 10.8. The highest BCUT2D eigenvalue weighted by Crippen LogP contribution is 2.28. The van der Waals surface area contributed by atoms with E-state index < -0.39 is 0 Å². The number of halogens is 1. The van der Waals surface area contributed by atoms with Gasteiger partial charge >= 0.3 is 0 Å².